The molecule has 1 atom stereocenters. The quantitative estimate of drug-likeness (QED) is 0.807. The number of hydrogen-bond donors (Lipinski definition) is 1. The summed E-state index contributed by atoms with van der Waals surface area (Å²) in [6.45, 7) is 9.31. The van der Waals surface area contributed by atoms with Crippen molar-refractivity contribution in [3.05, 3.63) is 0 Å². The van der Waals surface area contributed by atoms with Crippen molar-refractivity contribution >= 4 is 23.6 Å². The first kappa shape index (κ1) is 13.4. The highest BCUT2D eigenvalue weighted by Crippen LogP contribution is 2.51. The van der Waals surface area contributed by atoms with Crippen LogP contribution in [0.3, 0.4) is 0 Å². The highest BCUT2D eigenvalue weighted by atomic mass is 32.2. The molecule has 1 aliphatic rings. The predicted molar refractivity (Wildman–Crippen MR) is 64.3 cm³/mol. The Morgan fingerprint density at radius 3 is 2.19 bits per heavy atom. The fraction of sp³-hybridized carbons (Fsp3) is 0.818. The Morgan fingerprint density at radius 1 is 1.31 bits per heavy atom. The maximum atomic E-state index is 11.9. The molecular formula is C11H19NO3S. The van der Waals surface area contributed by atoms with E-state index < -0.39 is 21.6 Å². The Hall–Kier alpha value is -0.710. The van der Waals surface area contributed by atoms with Gasteiger partial charge in [-0.25, -0.2) is 4.79 Å². The predicted octanol–water partition coefficient (Wildman–Crippen LogP) is 1.94. The molecule has 1 rings (SSSR count). The molecule has 4 nitrogen and oxygen atoms in total. The van der Waals surface area contributed by atoms with Gasteiger partial charge in [0.2, 0.25) is 5.91 Å². The van der Waals surface area contributed by atoms with Gasteiger partial charge in [0, 0.05) is 11.2 Å². The first-order valence-electron chi connectivity index (χ1n) is 5.38. The summed E-state index contributed by atoms with van der Waals surface area (Å²) in [6, 6.07) is -0.750. The van der Waals surface area contributed by atoms with Gasteiger partial charge in [-0.15, -0.1) is 11.8 Å². The number of carboxylic acid groups (broad SMARTS) is 1. The lowest BCUT2D eigenvalue weighted by molar-refractivity contribution is -0.152. The van der Waals surface area contributed by atoms with Crippen LogP contribution in [-0.4, -0.2) is 37.5 Å². The Balaban J connectivity index is 3.19. The molecule has 0 aromatic heterocycles. The second kappa shape index (κ2) is 3.95. The zero-order valence-electron chi connectivity index (χ0n) is 10.4. The number of thioether (sulfide) groups is 1. The summed E-state index contributed by atoms with van der Waals surface area (Å²) in [5.74, 6) is -1.03. The molecule has 1 aliphatic heterocycles. The van der Waals surface area contributed by atoms with Crippen LogP contribution < -0.4 is 0 Å². The zero-order chi connectivity index (χ0) is 12.7. The van der Waals surface area contributed by atoms with Crippen LogP contribution >= 0.6 is 11.8 Å². The SMILES string of the molecule is CCC(=O)N1C(C(=O)O)C(C)(C)SC1(C)C. The van der Waals surface area contributed by atoms with Crippen LogP contribution in [0.2, 0.25) is 0 Å². The molecule has 0 saturated carbocycles. The molecule has 16 heavy (non-hydrogen) atoms. The van der Waals surface area contributed by atoms with E-state index in [-0.39, 0.29) is 5.91 Å². The molecule has 0 aromatic carbocycles. The molecule has 1 saturated heterocycles. The summed E-state index contributed by atoms with van der Waals surface area (Å²) < 4.78 is -0.458. The van der Waals surface area contributed by atoms with Crippen molar-refractivity contribution in [1.82, 2.24) is 4.90 Å². The largest absolute Gasteiger partial charge is 0.480 e. The minimum Gasteiger partial charge on any atom is -0.480 e. The minimum atomic E-state index is -0.926. The van der Waals surface area contributed by atoms with Gasteiger partial charge in [-0.3, -0.25) is 4.79 Å². The van der Waals surface area contributed by atoms with Gasteiger partial charge in [-0.1, -0.05) is 6.92 Å². The lowest BCUT2D eigenvalue weighted by Crippen LogP contribution is -2.52. The van der Waals surface area contributed by atoms with E-state index in [1.54, 1.807) is 6.92 Å². The monoisotopic (exact) mass is 245 g/mol. The maximum Gasteiger partial charge on any atom is 0.327 e. The first-order valence-corrected chi connectivity index (χ1v) is 6.20. The van der Waals surface area contributed by atoms with Crippen molar-refractivity contribution in [2.24, 2.45) is 0 Å². The Bertz CT molecular complexity index is 325. The number of aliphatic carboxylic acids is 1. The van der Waals surface area contributed by atoms with Gasteiger partial charge in [-0.05, 0) is 27.7 Å². The molecule has 5 heteroatoms. The lowest BCUT2D eigenvalue weighted by Gasteiger charge is -2.33. The Labute approximate surface area is 100 Å². The summed E-state index contributed by atoms with van der Waals surface area (Å²) >= 11 is 1.54. The normalized spacial score (nSPS) is 26.8. The molecule has 0 aromatic rings. The smallest absolute Gasteiger partial charge is 0.327 e. The van der Waals surface area contributed by atoms with Gasteiger partial charge < -0.3 is 10.0 Å². The highest BCUT2D eigenvalue weighted by Gasteiger charge is 2.56. The average molecular weight is 245 g/mol. The molecule has 0 aliphatic carbocycles. The van der Waals surface area contributed by atoms with E-state index in [1.807, 2.05) is 27.7 Å². The first-order chi connectivity index (χ1) is 7.13. The van der Waals surface area contributed by atoms with Crippen molar-refractivity contribution < 1.29 is 14.7 Å². The standard InChI is InChI=1S/C11H19NO3S/c1-6-7(13)12-8(9(14)15)10(2,3)16-11(12,4)5/h8H,6H2,1-5H3,(H,14,15). The third kappa shape index (κ3) is 2.05. The van der Waals surface area contributed by atoms with E-state index in [4.69, 9.17) is 0 Å². The second-order valence-electron chi connectivity index (χ2n) is 5.01. The summed E-state index contributed by atoms with van der Waals surface area (Å²) in [5.41, 5.74) is 0. The van der Waals surface area contributed by atoms with Gasteiger partial charge in [-0.2, -0.15) is 0 Å². The Morgan fingerprint density at radius 2 is 1.81 bits per heavy atom. The number of carbonyl (C=O) groups excluding carboxylic acids is 1. The van der Waals surface area contributed by atoms with Gasteiger partial charge in [0.15, 0.2) is 0 Å². The zero-order valence-corrected chi connectivity index (χ0v) is 11.2. The van der Waals surface area contributed by atoms with Crippen molar-refractivity contribution in [1.29, 1.82) is 0 Å². The van der Waals surface area contributed by atoms with Crippen LogP contribution in [0, 0.1) is 0 Å². The summed E-state index contributed by atoms with van der Waals surface area (Å²) in [7, 11) is 0. The molecule has 1 amide bonds. The van der Waals surface area contributed by atoms with E-state index in [1.165, 1.54) is 16.7 Å². The molecule has 0 spiro atoms. The van der Waals surface area contributed by atoms with Crippen LogP contribution in [0.25, 0.3) is 0 Å². The molecule has 1 fully saturated rings. The number of carbonyl (C=O) groups is 2. The topological polar surface area (TPSA) is 57.6 Å². The van der Waals surface area contributed by atoms with E-state index in [0.717, 1.165) is 0 Å². The molecule has 0 bridgehead atoms. The Kier molecular flexibility index (Phi) is 3.29. The van der Waals surface area contributed by atoms with E-state index in [0.29, 0.717) is 6.42 Å². The van der Waals surface area contributed by atoms with Gasteiger partial charge >= 0.3 is 5.97 Å². The molecule has 1 N–H and O–H groups in total. The van der Waals surface area contributed by atoms with E-state index >= 15 is 0 Å². The van der Waals surface area contributed by atoms with Crippen molar-refractivity contribution in [2.75, 3.05) is 0 Å². The third-order valence-corrected chi connectivity index (χ3v) is 4.26. The van der Waals surface area contributed by atoms with Crippen LogP contribution in [0.1, 0.15) is 41.0 Å². The van der Waals surface area contributed by atoms with Crippen LogP contribution in [0.15, 0.2) is 0 Å². The minimum absolute atomic E-state index is 0.101. The number of hydrogen-bond acceptors (Lipinski definition) is 3. The van der Waals surface area contributed by atoms with Crippen LogP contribution in [-0.2, 0) is 9.59 Å². The van der Waals surface area contributed by atoms with Crippen LogP contribution in [0.5, 0.6) is 0 Å². The van der Waals surface area contributed by atoms with E-state index in [9.17, 15) is 14.7 Å². The molecule has 1 unspecified atom stereocenters. The van der Waals surface area contributed by atoms with Gasteiger partial charge in [0.1, 0.15) is 6.04 Å². The summed E-state index contributed by atoms with van der Waals surface area (Å²) in [5, 5.41) is 9.29. The maximum absolute atomic E-state index is 11.9. The van der Waals surface area contributed by atoms with Crippen molar-refractivity contribution in [3.63, 3.8) is 0 Å². The number of nitrogens with zero attached hydrogens (tertiary/aromatic N) is 1. The summed E-state index contributed by atoms with van der Waals surface area (Å²) in [4.78, 5) is 24.3. The van der Waals surface area contributed by atoms with E-state index in [2.05, 4.69) is 0 Å². The highest BCUT2D eigenvalue weighted by molar-refractivity contribution is 8.02. The fourth-order valence-corrected chi connectivity index (χ4v) is 4.30. The van der Waals surface area contributed by atoms with Crippen LogP contribution in [0.4, 0.5) is 0 Å². The molecule has 92 valence electrons. The number of amides is 1. The number of carboxylic acids is 1. The average Bonchev–Trinajstić information content (AvgIpc) is 2.28. The fourth-order valence-electron chi connectivity index (χ4n) is 2.39. The molecule has 0 radical (unpaired) electrons. The van der Waals surface area contributed by atoms with Gasteiger partial charge in [0.25, 0.3) is 0 Å². The van der Waals surface area contributed by atoms with Gasteiger partial charge in [0.05, 0.1) is 4.87 Å². The van der Waals surface area contributed by atoms with Crippen molar-refractivity contribution in [2.45, 2.75) is 56.7 Å². The lowest BCUT2D eigenvalue weighted by atomic mass is 10.0. The summed E-state index contributed by atoms with van der Waals surface area (Å²) in [6.07, 6.45) is 0.337. The third-order valence-electron chi connectivity index (χ3n) is 2.81. The second-order valence-corrected chi connectivity index (χ2v) is 7.27. The van der Waals surface area contributed by atoms with Crippen molar-refractivity contribution in [3.8, 4) is 0 Å². The molecular weight excluding hydrogens is 226 g/mol. The number of rotatable bonds is 2. The molecule has 1 heterocycles.